The molecule has 0 radical (unpaired) electrons. The highest BCUT2D eigenvalue weighted by molar-refractivity contribution is 7.10. The molecule has 0 saturated carbocycles. The van der Waals surface area contributed by atoms with Crippen molar-refractivity contribution in [3.63, 3.8) is 0 Å². The smallest absolute Gasteiger partial charge is 0.198 e. The second-order valence-electron chi connectivity index (χ2n) is 6.40. The normalized spacial score (nSPS) is 17.7. The third kappa shape index (κ3) is 3.06. The molecule has 0 bridgehead atoms. The van der Waals surface area contributed by atoms with Gasteiger partial charge in [-0.05, 0) is 41.5 Å². The minimum absolute atomic E-state index is 0.935. The standard InChI is InChI=1S/C19H24N4S/c1-20-19(23-11-6-15-4-2-3-5-17(15)23)21-9-12-22-10-7-18-16(14-22)8-13-24-18/h2-5,8,13H,6-7,9-12,14H2,1H3,(H,20,21). The van der Waals surface area contributed by atoms with E-state index in [-0.39, 0.29) is 0 Å². The molecular formula is C19H24N4S. The van der Waals surface area contributed by atoms with Gasteiger partial charge in [-0.2, -0.15) is 0 Å². The Hall–Kier alpha value is -1.85. The van der Waals surface area contributed by atoms with Crippen LogP contribution in [0.3, 0.4) is 0 Å². The zero-order valence-corrected chi connectivity index (χ0v) is 15.0. The number of hydrogen-bond acceptors (Lipinski definition) is 3. The lowest BCUT2D eigenvalue weighted by atomic mass is 10.1. The molecular weight excluding hydrogens is 316 g/mol. The Morgan fingerprint density at radius 2 is 2.08 bits per heavy atom. The van der Waals surface area contributed by atoms with Crippen LogP contribution in [0.4, 0.5) is 5.69 Å². The van der Waals surface area contributed by atoms with Crippen molar-refractivity contribution in [3.8, 4) is 0 Å². The molecule has 0 spiro atoms. The van der Waals surface area contributed by atoms with Crippen LogP contribution in [-0.2, 0) is 19.4 Å². The monoisotopic (exact) mass is 340 g/mol. The van der Waals surface area contributed by atoms with Gasteiger partial charge in [-0.25, -0.2) is 0 Å². The second-order valence-corrected chi connectivity index (χ2v) is 7.40. The Kier molecular flexibility index (Phi) is 4.54. The SMILES string of the molecule is CN=C(NCCN1CCc2sccc2C1)N1CCc2ccccc21. The van der Waals surface area contributed by atoms with Gasteiger partial charge in [0.05, 0.1) is 0 Å². The van der Waals surface area contributed by atoms with Crippen LogP contribution in [0.5, 0.6) is 0 Å². The Labute approximate surface area is 147 Å². The highest BCUT2D eigenvalue weighted by Gasteiger charge is 2.22. The molecule has 1 aromatic heterocycles. The molecule has 1 aromatic carbocycles. The first-order valence-corrected chi connectivity index (χ1v) is 9.57. The number of fused-ring (bicyclic) bond motifs is 2. The summed E-state index contributed by atoms with van der Waals surface area (Å²) in [4.78, 5) is 10.9. The molecule has 3 heterocycles. The van der Waals surface area contributed by atoms with E-state index in [0.717, 1.165) is 38.6 Å². The lowest BCUT2D eigenvalue weighted by molar-refractivity contribution is 0.260. The van der Waals surface area contributed by atoms with Gasteiger partial charge in [0.1, 0.15) is 0 Å². The van der Waals surface area contributed by atoms with Crippen LogP contribution >= 0.6 is 11.3 Å². The van der Waals surface area contributed by atoms with Gasteiger partial charge in [0.15, 0.2) is 5.96 Å². The summed E-state index contributed by atoms with van der Waals surface area (Å²) in [7, 11) is 1.88. The minimum Gasteiger partial charge on any atom is -0.355 e. The Balaban J connectivity index is 1.33. The summed E-state index contributed by atoms with van der Waals surface area (Å²) in [6, 6.07) is 10.9. The third-order valence-corrected chi connectivity index (χ3v) is 5.98. The highest BCUT2D eigenvalue weighted by Crippen LogP contribution is 2.27. The molecule has 2 aromatic rings. The first-order valence-electron chi connectivity index (χ1n) is 8.69. The van der Waals surface area contributed by atoms with Crippen molar-refractivity contribution in [2.45, 2.75) is 19.4 Å². The highest BCUT2D eigenvalue weighted by atomic mass is 32.1. The average Bonchev–Trinajstić information content (AvgIpc) is 3.25. The number of nitrogens with one attached hydrogen (secondary N) is 1. The molecule has 1 N–H and O–H groups in total. The van der Waals surface area contributed by atoms with Crippen molar-refractivity contribution in [1.82, 2.24) is 10.2 Å². The van der Waals surface area contributed by atoms with Gasteiger partial charge in [-0.15, -0.1) is 11.3 Å². The molecule has 0 atom stereocenters. The van der Waals surface area contributed by atoms with E-state index in [1.54, 1.807) is 4.88 Å². The van der Waals surface area contributed by atoms with E-state index in [4.69, 9.17) is 0 Å². The van der Waals surface area contributed by atoms with Crippen LogP contribution in [0.15, 0.2) is 40.7 Å². The summed E-state index contributed by atoms with van der Waals surface area (Å²) in [5.74, 6) is 0.994. The van der Waals surface area contributed by atoms with Gasteiger partial charge in [0.2, 0.25) is 0 Å². The summed E-state index contributed by atoms with van der Waals surface area (Å²) in [5.41, 5.74) is 4.23. The average molecular weight is 340 g/mol. The summed E-state index contributed by atoms with van der Waals surface area (Å²) in [6.07, 6.45) is 2.30. The molecule has 2 aliphatic heterocycles. The molecule has 0 aliphatic carbocycles. The Morgan fingerprint density at radius 3 is 3.00 bits per heavy atom. The second kappa shape index (κ2) is 6.95. The van der Waals surface area contributed by atoms with Gasteiger partial charge in [-0.3, -0.25) is 9.89 Å². The Morgan fingerprint density at radius 1 is 1.17 bits per heavy atom. The predicted octanol–water partition coefficient (Wildman–Crippen LogP) is 2.74. The Bertz CT molecular complexity index is 736. The van der Waals surface area contributed by atoms with E-state index in [1.807, 2.05) is 18.4 Å². The van der Waals surface area contributed by atoms with Crippen LogP contribution in [0.2, 0.25) is 0 Å². The number of aliphatic imine (C=N–C) groups is 1. The molecule has 5 heteroatoms. The number of para-hydroxylation sites is 1. The van der Waals surface area contributed by atoms with E-state index in [2.05, 4.69) is 55.8 Å². The van der Waals surface area contributed by atoms with E-state index in [9.17, 15) is 0 Å². The molecule has 4 rings (SSSR count). The fourth-order valence-electron chi connectivity index (χ4n) is 3.68. The first-order chi connectivity index (χ1) is 11.8. The maximum absolute atomic E-state index is 4.49. The van der Waals surface area contributed by atoms with E-state index in [1.165, 1.54) is 29.8 Å². The fraction of sp³-hybridized carbons (Fsp3) is 0.421. The minimum atomic E-state index is 0.935. The molecule has 0 amide bonds. The van der Waals surface area contributed by atoms with Crippen LogP contribution in [0.25, 0.3) is 0 Å². The predicted molar refractivity (Wildman–Crippen MR) is 102 cm³/mol. The van der Waals surface area contributed by atoms with Crippen molar-refractivity contribution in [1.29, 1.82) is 0 Å². The van der Waals surface area contributed by atoms with Crippen LogP contribution in [0.1, 0.15) is 16.0 Å². The number of anilines is 1. The number of hydrogen-bond donors (Lipinski definition) is 1. The van der Waals surface area contributed by atoms with Crippen molar-refractivity contribution in [2.24, 2.45) is 4.99 Å². The molecule has 4 nitrogen and oxygen atoms in total. The van der Waals surface area contributed by atoms with E-state index >= 15 is 0 Å². The van der Waals surface area contributed by atoms with Gasteiger partial charge in [-0.1, -0.05) is 18.2 Å². The zero-order chi connectivity index (χ0) is 16.4. The molecule has 0 saturated heterocycles. The summed E-state index contributed by atoms with van der Waals surface area (Å²) < 4.78 is 0. The lowest BCUT2D eigenvalue weighted by Gasteiger charge is -2.28. The third-order valence-electron chi connectivity index (χ3n) is 4.95. The summed E-state index contributed by atoms with van der Waals surface area (Å²) in [6.45, 7) is 5.27. The van der Waals surface area contributed by atoms with Gasteiger partial charge >= 0.3 is 0 Å². The molecule has 126 valence electrons. The van der Waals surface area contributed by atoms with Crippen molar-refractivity contribution in [3.05, 3.63) is 51.7 Å². The van der Waals surface area contributed by atoms with Crippen LogP contribution in [-0.4, -0.2) is 44.1 Å². The van der Waals surface area contributed by atoms with Gasteiger partial charge < -0.3 is 10.2 Å². The molecule has 2 aliphatic rings. The number of rotatable bonds is 3. The van der Waals surface area contributed by atoms with Crippen LogP contribution in [0, 0.1) is 0 Å². The zero-order valence-electron chi connectivity index (χ0n) is 14.2. The van der Waals surface area contributed by atoms with Crippen LogP contribution < -0.4 is 10.2 Å². The summed E-state index contributed by atoms with van der Waals surface area (Å²) in [5, 5.41) is 5.78. The number of nitrogens with zero attached hydrogens (tertiary/aromatic N) is 3. The lowest BCUT2D eigenvalue weighted by Crippen LogP contribution is -2.44. The maximum Gasteiger partial charge on any atom is 0.198 e. The molecule has 24 heavy (non-hydrogen) atoms. The number of guanidine groups is 1. The number of benzene rings is 1. The molecule has 0 fully saturated rings. The van der Waals surface area contributed by atoms with E-state index < -0.39 is 0 Å². The first kappa shape index (κ1) is 15.7. The topological polar surface area (TPSA) is 30.9 Å². The molecule has 0 unspecified atom stereocenters. The quantitative estimate of drug-likeness (QED) is 0.688. The van der Waals surface area contributed by atoms with Crippen molar-refractivity contribution < 1.29 is 0 Å². The van der Waals surface area contributed by atoms with Gasteiger partial charge in [0.25, 0.3) is 0 Å². The number of thiophene rings is 1. The van der Waals surface area contributed by atoms with Crippen molar-refractivity contribution >= 4 is 23.0 Å². The summed E-state index contributed by atoms with van der Waals surface area (Å²) >= 11 is 1.90. The van der Waals surface area contributed by atoms with Gasteiger partial charge in [0, 0.05) is 50.3 Å². The maximum atomic E-state index is 4.49. The van der Waals surface area contributed by atoms with Crippen molar-refractivity contribution in [2.75, 3.05) is 38.1 Å². The van der Waals surface area contributed by atoms with E-state index in [0.29, 0.717) is 0 Å². The fourth-order valence-corrected chi connectivity index (χ4v) is 4.57. The largest absolute Gasteiger partial charge is 0.355 e.